The summed E-state index contributed by atoms with van der Waals surface area (Å²) < 4.78 is 6.86. The third-order valence-corrected chi connectivity index (χ3v) is 4.08. The van der Waals surface area contributed by atoms with Gasteiger partial charge in [-0.05, 0) is 29.8 Å². The topological polar surface area (TPSA) is 107 Å². The number of nitrogens with two attached hydrogens (primary N) is 1. The van der Waals surface area contributed by atoms with Gasteiger partial charge >= 0.3 is 5.97 Å². The summed E-state index contributed by atoms with van der Waals surface area (Å²) >= 11 is 0. The number of carbonyl (C=O) groups excluding carboxylic acids is 1. The first-order chi connectivity index (χ1) is 12.5. The lowest BCUT2D eigenvalue weighted by Gasteiger charge is -2.18. The number of benzene rings is 2. The summed E-state index contributed by atoms with van der Waals surface area (Å²) in [5, 5.41) is 12.5. The highest BCUT2D eigenvalue weighted by Crippen LogP contribution is 2.28. The number of fused-ring (bicyclic) bond motifs is 2. The van der Waals surface area contributed by atoms with Crippen LogP contribution in [0.3, 0.4) is 0 Å². The first-order valence-electron chi connectivity index (χ1n) is 8.03. The van der Waals surface area contributed by atoms with Gasteiger partial charge < -0.3 is 25.5 Å². The number of aryl methyl sites for hydroxylation is 1. The first kappa shape index (κ1) is 17.5. The molecule has 1 amide bonds. The third-order valence-electron chi connectivity index (χ3n) is 4.08. The van der Waals surface area contributed by atoms with Gasteiger partial charge in [0, 0.05) is 24.5 Å². The van der Waals surface area contributed by atoms with Gasteiger partial charge in [0.15, 0.2) is 6.61 Å². The summed E-state index contributed by atoms with van der Waals surface area (Å²) in [6.07, 6.45) is 0. The SMILES string of the molecule is Cn1c(C(=O)O)cc2ccccc21.NCc1ccc2c(c1)NC(=O)CO2. The van der Waals surface area contributed by atoms with Crippen LogP contribution in [0.1, 0.15) is 16.1 Å². The van der Waals surface area contributed by atoms with Gasteiger partial charge in [0.1, 0.15) is 11.4 Å². The maximum Gasteiger partial charge on any atom is 0.352 e. The van der Waals surface area contributed by atoms with Gasteiger partial charge in [-0.25, -0.2) is 4.79 Å². The number of amides is 1. The number of ether oxygens (including phenoxy) is 1. The molecule has 1 aliphatic heterocycles. The Kier molecular flexibility index (Phi) is 4.90. The van der Waals surface area contributed by atoms with Crippen LogP contribution in [0.5, 0.6) is 5.75 Å². The standard InChI is InChI=1S/C10H9NO2.C9H10N2O2/c1-11-8-5-3-2-4-7(8)6-9(11)10(12)13;10-4-6-1-2-8-7(3-6)11-9(12)5-13-8/h2-6H,1H3,(H,12,13);1-3H,4-5,10H2,(H,11,12). The average molecular weight is 353 g/mol. The predicted octanol–water partition coefficient (Wildman–Crippen LogP) is 2.35. The highest BCUT2D eigenvalue weighted by Gasteiger charge is 2.15. The normalized spacial score (nSPS) is 12.5. The molecule has 0 radical (unpaired) electrons. The maximum atomic E-state index is 11.0. The summed E-state index contributed by atoms with van der Waals surface area (Å²) in [4.78, 5) is 21.7. The van der Waals surface area contributed by atoms with Crippen molar-refractivity contribution < 1.29 is 19.4 Å². The third kappa shape index (κ3) is 3.52. The molecule has 4 N–H and O–H groups in total. The summed E-state index contributed by atoms with van der Waals surface area (Å²) in [5.41, 5.74) is 8.41. The molecule has 26 heavy (non-hydrogen) atoms. The molecular formula is C19H19N3O4. The minimum Gasteiger partial charge on any atom is -0.482 e. The Bertz CT molecular complexity index is 978. The molecular weight excluding hydrogens is 334 g/mol. The lowest BCUT2D eigenvalue weighted by molar-refractivity contribution is -0.118. The number of para-hydroxylation sites is 1. The van der Waals surface area contributed by atoms with Crippen molar-refractivity contribution in [2.24, 2.45) is 12.8 Å². The number of hydrogen-bond acceptors (Lipinski definition) is 4. The van der Waals surface area contributed by atoms with Crippen LogP contribution in [0, 0.1) is 0 Å². The summed E-state index contributed by atoms with van der Waals surface area (Å²) in [6, 6.07) is 14.8. The molecule has 4 rings (SSSR count). The number of aromatic carboxylic acids is 1. The monoisotopic (exact) mass is 353 g/mol. The molecule has 0 atom stereocenters. The molecule has 2 heterocycles. The fourth-order valence-corrected chi connectivity index (χ4v) is 2.75. The molecule has 0 bridgehead atoms. The molecule has 0 saturated carbocycles. The summed E-state index contributed by atoms with van der Waals surface area (Å²) in [6.45, 7) is 0.554. The van der Waals surface area contributed by atoms with E-state index in [2.05, 4.69) is 5.32 Å². The Morgan fingerprint density at radius 3 is 2.73 bits per heavy atom. The minimum absolute atomic E-state index is 0.0922. The number of carbonyl (C=O) groups is 2. The molecule has 134 valence electrons. The van der Waals surface area contributed by atoms with E-state index >= 15 is 0 Å². The molecule has 1 aliphatic rings. The van der Waals surface area contributed by atoms with E-state index in [1.807, 2.05) is 42.5 Å². The Labute approximate surface area is 150 Å². The number of nitrogens with zero attached hydrogens (tertiary/aromatic N) is 1. The first-order valence-corrected chi connectivity index (χ1v) is 8.03. The van der Waals surface area contributed by atoms with Crippen LogP contribution < -0.4 is 15.8 Å². The van der Waals surface area contributed by atoms with Crippen LogP contribution >= 0.6 is 0 Å². The second kappa shape index (κ2) is 7.28. The van der Waals surface area contributed by atoms with Gasteiger partial charge in [-0.2, -0.15) is 0 Å². The Balaban J connectivity index is 0.000000151. The Morgan fingerprint density at radius 1 is 1.27 bits per heavy atom. The van der Waals surface area contributed by atoms with E-state index < -0.39 is 5.97 Å². The smallest absolute Gasteiger partial charge is 0.352 e. The van der Waals surface area contributed by atoms with Crippen LogP contribution in [0.2, 0.25) is 0 Å². The number of carboxylic acid groups (broad SMARTS) is 1. The molecule has 0 aliphatic carbocycles. The van der Waals surface area contributed by atoms with Crippen molar-refractivity contribution in [3.05, 3.63) is 59.8 Å². The molecule has 0 fully saturated rings. The van der Waals surface area contributed by atoms with Crippen LogP contribution in [-0.2, 0) is 18.4 Å². The zero-order valence-corrected chi connectivity index (χ0v) is 14.2. The van der Waals surface area contributed by atoms with Crippen molar-refractivity contribution in [1.82, 2.24) is 4.57 Å². The molecule has 0 unspecified atom stereocenters. The Hall–Kier alpha value is -3.32. The van der Waals surface area contributed by atoms with E-state index in [0.717, 1.165) is 16.5 Å². The fourth-order valence-electron chi connectivity index (χ4n) is 2.75. The van der Waals surface area contributed by atoms with Crippen molar-refractivity contribution in [1.29, 1.82) is 0 Å². The van der Waals surface area contributed by atoms with E-state index in [1.54, 1.807) is 17.7 Å². The van der Waals surface area contributed by atoms with Crippen LogP contribution in [-0.4, -0.2) is 28.2 Å². The van der Waals surface area contributed by atoms with E-state index in [9.17, 15) is 9.59 Å². The number of nitrogens with one attached hydrogen (secondary N) is 1. The van der Waals surface area contributed by atoms with E-state index in [0.29, 0.717) is 23.7 Å². The molecule has 3 aromatic rings. The van der Waals surface area contributed by atoms with E-state index in [4.69, 9.17) is 15.6 Å². The zero-order valence-electron chi connectivity index (χ0n) is 14.2. The summed E-state index contributed by atoms with van der Waals surface area (Å²) in [5.74, 6) is -0.308. The van der Waals surface area contributed by atoms with Crippen molar-refractivity contribution in [2.75, 3.05) is 11.9 Å². The summed E-state index contributed by atoms with van der Waals surface area (Å²) in [7, 11) is 1.76. The van der Waals surface area contributed by atoms with E-state index in [1.165, 1.54) is 0 Å². The molecule has 0 spiro atoms. The molecule has 0 saturated heterocycles. The lowest BCUT2D eigenvalue weighted by Crippen LogP contribution is -2.25. The highest BCUT2D eigenvalue weighted by molar-refractivity contribution is 5.95. The van der Waals surface area contributed by atoms with Gasteiger partial charge in [0.25, 0.3) is 5.91 Å². The molecule has 7 nitrogen and oxygen atoms in total. The van der Waals surface area contributed by atoms with Gasteiger partial charge in [0.2, 0.25) is 0 Å². The van der Waals surface area contributed by atoms with Crippen molar-refractivity contribution in [2.45, 2.75) is 6.54 Å². The number of anilines is 1. The quantitative estimate of drug-likeness (QED) is 0.656. The van der Waals surface area contributed by atoms with Crippen molar-refractivity contribution in [3.63, 3.8) is 0 Å². The number of carboxylic acids is 1. The highest BCUT2D eigenvalue weighted by atomic mass is 16.5. The Morgan fingerprint density at radius 2 is 2.04 bits per heavy atom. The average Bonchev–Trinajstić information content (AvgIpc) is 2.99. The van der Waals surface area contributed by atoms with Gasteiger partial charge in [-0.1, -0.05) is 24.3 Å². The van der Waals surface area contributed by atoms with Gasteiger partial charge in [-0.3, -0.25) is 4.79 Å². The van der Waals surface area contributed by atoms with E-state index in [-0.39, 0.29) is 12.5 Å². The molecule has 7 heteroatoms. The number of hydrogen-bond donors (Lipinski definition) is 3. The predicted molar refractivity (Wildman–Crippen MR) is 98.3 cm³/mol. The van der Waals surface area contributed by atoms with Crippen molar-refractivity contribution in [3.8, 4) is 5.75 Å². The largest absolute Gasteiger partial charge is 0.482 e. The van der Waals surface area contributed by atoms with Crippen LogP contribution in [0.4, 0.5) is 5.69 Å². The second-order valence-electron chi connectivity index (χ2n) is 5.82. The van der Waals surface area contributed by atoms with Crippen LogP contribution in [0.25, 0.3) is 10.9 Å². The molecule has 1 aromatic heterocycles. The van der Waals surface area contributed by atoms with Crippen molar-refractivity contribution >= 4 is 28.5 Å². The van der Waals surface area contributed by atoms with Gasteiger partial charge in [0.05, 0.1) is 5.69 Å². The zero-order chi connectivity index (χ0) is 18.7. The fraction of sp³-hybridized carbons (Fsp3) is 0.158. The minimum atomic E-state index is -0.890. The number of rotatable bonds is 2. The number of aromatic nitrogens is 1. The van der Waals surface area contributed by atoms with Gasteiger partial charge in [-0.15, -0.1) is 0 Å². The second-order valence-corrected chi connectivity index (χ2v) is 5.82. The molecule has 2 aromatic carbocycles. The van der Waals surface area contributed by atoms with Crippen LogP contribution in [0.15, 0.2) is 48.5 Å². The maximum absolute atomic E-state index is 11.0. The lowest BCUT2D eigenvalue weighted by atomic mass is 10.1.